The number of thioether (sulfide) groups is 1. The minimum Gasteiger partial charge on any atom is -0.391 e. The molecule has 1 aromatic carbocycles. The maximum Gasteiger partial charge on any atom is 0.466 e. The molecule has 0 aliphatic carbocycles. The van der Waals surface area contributed by atoms with Crippen molar-refractivity contribution in [3.8, 4) is 0 Å². The topological polar surface area (TPSA) is 121 Å². The molecule has 1 saturated heterocycles. The molecule has 1 fully saturated rings. The predicted molar refractivity (Wildman–Crippen MR) is 94.6 cm³/mol. The quantitative estimate of drug-likeness (QED) is 0.311. The van der Waals surface area contributed by atoms with Gasteiger partial charge in [0.2, 0.25) is 0 Å². The molecule has 3 N–H and O–H groups in total. The Hall–Kier alpha value is -1.59. The SMILES string of the molecule is O=S(=O)(O)O/N=C(/Cc1c[nH]c2ccccc12)S[C@H]1CC[C@H](O)CO1. The van der Waals surface area contributed by atoms with Crippen LogP contribution in [0.5, 0.6) is 0 Å². The van der Waals surface area contributed by atoms with Crippen molar-refractivity contribution in [2.45, 2.75) is 30.8 Å². The number of nitrogens with one attached hydrogen (secondary N) is 1. The van der Waals surface area contributed by atoms with Gasteiger partial charge in [0, 0.05) is 23.5 Å². The lowest BCUT2D eigenvalue weighted by atomic mass is 10.1. The second-order valence-electron chi connectivity index (χ2n) is 5.64. The second kappa shape index (κ2) is 7.75. The number of H-pyrrole nitrogens is 1. The van der Waals surface area contributed by atoms with Crippen molar-refractivity contribution in [1.82, 2.24) is 4.98 Å². The molecule has 0 bridgehead atoms. The average Bonchev–Trinajstić information content (AvgIpc) is 2.97. The van der Waals surface area contributed by atoms with Gasteiger partial charge in [0.25, 0.3) is 0 Å². The highest BCUT2D eigenvalue weighted by Crippen LogP contribution is 2.28. The fourth-order valence-corrected chi connectivity index (χ4v) is 3.84. The first-order valence-corrected chi connectivity index (χ1v) is 9.89. The van der Waals surface area contributed by atoms with E-state index in [1.807, 2.05) is 30.5 Å². The third-order valence-corrected chi connectivity index (χ3v) is 5.12. The Labute approximate surface area is 149 Å². The molecule has 2 heterocycles. The minimum absolute atomic E-state index is 0.219. The van der Waals surface area contributed by atoms with E-state index in [1.165, 1.54) is 11.8 Å². The van der Waals surface area contributed by atoms with Crippen molar-refractivity contribution in [3.05, 3.63) is 36.0 Å². The number of para-hydroxylation sites is 1. The van der Waals surface area contributed by atoms with Crippen molar-refractivity contribution in [3.63, 3.8) is 0 Å². The molecule has 2 aromatic rings. The first-order chi connectivity index (χ1) is 11.9. The molecule has 1 aliphatic heterocycles. The fraction of sp³-hybridized carbons (Fsp3) is 0.400. The van der Waals surface area contributed by atoms with Gasteiger partial charge in [-0.1, -0.05) is 35.1 Å². The number of benzene rings is 1. The second-order valence-corrected chi connectivity index (χ2v) is 7.87. The molecule has 8 nitrogen and oxygen atoms in total. The van der Waals surface area contributed by atoms with Crippen molar-refractivity contribution in [2.24, 2.45) is 5.16 Å². The standard InChI is InChI=1S/C15H18N2O6S2/c18-11-5-6-15(22-9-11)24-14(17-23-25(19,20)21)7-10-8-16-13-4-2-1-3-12(10)13/h1-4,8,11,15-16,18H,5-7,9H2,(H,19,20,21)/b17-14-/t11-,15-/m0/s1. The highest BCUT2D eigenvalue weighted by atomic mass is 32.3. The predicted octanol–water partition coefficient (Wildman–Crippen LogP) is 2.07. The third kappa shape index (κ3) is 5.19. The number of aromatic nitrogens is 1. The van der Waals surface area contributed by atoms with Crippen LogP contribution in [-0.2, 0) is 25.8 Å². The van der Waals surface area contributed by atoms with Crippen molar-refractivity contribution >= 4 is 38.1 Å². The molecule has 2 atom stereocenters. The summed E-state index contributed by atoms with van der Waals surface area (Å²) >= 11 is 1.22. The highest BCUT2D eigenvalue weighted by molar-refractivity contribution is 8.14. The van der Waals surface area contributed by atoms with Crippen LogP contribution in [0.15, 0.2) is 35.6 Å². The van der Waals surface area contributed by atoms with Gasteiger partial charge in [-0.05, 0) is 24.5 Å². The Balaban J connectivity index is 1.78. The summed E-state index contributed by atoms with van der Waals surface area (Å²) in [7, 11) is -4.68. The number of hydrogen-bond acceptors (Lipinski definition) is 7. The first kappa shape index (κ1) is 18.2. The maximum atomic E-state index is 10.8. The maximum absolute atomic E-state index is 10.8. The summed E-state index contributed by atoms with van der Waals surface area (Å²) in [5.41, 5.74) is 1.60. The van der Waals surface area contributed by atoms with Crippen LogP contribution < -0.4 is 0 Å². The van der Waals surface area contributed by atoms with Crippen LogP contribution in [0, 0.1) is 0 Å². The Morgan fingerprint density at radius 1 is 1.40 bits per heavy atom. The van der Waals surface area contributed by atoms with Crippen molar-refractivity contribution in [1.29, 1.82) is 0 Å². The number of rotatable bonds is 5. The summed E-state index contributed by atoms with van der Waals surface area (Å²) in [6.07, 6.45) is 2.84. The van der Waals surface area contributed by atoms with Crippen LogP contribution in [-0.4, -0.2) is 46.3 Å². The van der Waals surface area contributed by atoms with Crippen molar-refractivity contribution < 1.29 is 27.1 Å². The first-order valence-electron chi connectivity index (χ1n) is 7.65. The van der Waals surface area contributed by atoms with Crippen LogP contribution in [0.1, 0.15) is 18.4 Å². The molecular weight excluding hydrogens is 368 g/mol. The van der Waals surface area contributed by atoms with Gasteiger partial charge < -0.3 is 14.8 Å². The Morgan fingerprint density at radius 3 is 2.92 bits per heavy atom. The Kier molecular flexibility index (Phi) is 5.64. The lowest BCUT2D eigenvalue weighted by Crippen LogP contribution is -2.28. The lowest BCUT2D eigenvalue weighted by molar-refractivity contribution is -0.0193. The van der Waals surface area contributed by atoms with E-state index in [0.29, 0.717) is 24.3 Å². The van der Waals surface area contributed by atoms with Gasteiger partial charge in [-0.3, -0.25) is 4.55 Å². The van der Waals surface area contributed by atoms with Crippen LogP contribution in [0.2, 0.25) is 0 Å². The molecule has 0 amide bonds. The summed E-state index contributed by atoms with van der Waals surface area (Å²) in [6.45, 7) is 0.219. The minimum atomic E-state index is -4.68. The molecule has 25 heavy (non-hydrogen) atoms. The van der Waals surface area contributed by atoms with Crippen molar-refractivity contribution in [2.75, 3.05) is 6.61 Å². The molecule has 136 valence electrons. The molecular formula is C15H18N2O6S2. The highest BCUT2D eigenvalue weighted by Gasteiger charge is 2.23. The zero-order valence-electron chi connectivity index (χ0n) is 13.2. The summed E-state index contributed by atoms with van der Waals surface area (Å²) < 4.78 is 40.1. The molecule has 0 spiro atoms. The van der Waals surface area contributed by atoms with E-state index in [0.717, 1.165) is 16.5 Å². The van der Waals surface area contributed by atoms with Gasteiger partial charge in [-0.15, -0.1) is 0 Å². The average molecular weight is 386 g/mol. The molecule has 10 heteroatoms. The Bertz CT molecular complexity index is 856. The normalized spacial score (nSPS) is 22.2. The summed E-state index contributed by atoms with van der Waals surface area (Å²) in [4.78, 5) is 3.14. The Morgan fingerprint density at radius 2 is 2.20 bits per heavy atom. The molecule has 3 rings (SSSR count). The number of hydrogen-bond donors (Lipinski definition) is 3. The fourth-order valence-electron chi connectivity index (χ4n) is 2.58. The van der Waals surface area contributed by atoms with Gasteiger partial charge in [0.15, 0.2) is 0 Å². The van der Waals surface area contributed by atoms with E-state index in [1.54, 1.807) is 0 Å². The zero-order chi connectivity index (χ0) is 17.9. The number of oxime groups is 1. The largest absolute Gasteiger partial charge is 0.466 e. The van der Waals surface area contributed by atoms with Gasteiger partial charge in [-0.2, -0.15) is 8.42 Å². The van der Waals surface area contributed by atoms with Crippen LogP contribution in [0.4, 0.5) is 0 Å². The number of aromatic amines is 1. The number of aliphatic hydroxyl groups excluding tert-OH is 1. The van der Waals surface area contributed by atoms with E-state index in [4.69, 9.17) is 9.29 Å². The molecule has 1 aliphatic rings. The van der Waals surface area contributed by atoms with Gasteiger partial charge in [0.1, 0.15) is 10.5 Å². The molecule has 0 radical (unpaired) electrons. The third-order valence-electron chi connectivity index (χ3n) is 3.73. The van der Waals surface area contributed by atoms with E-state index in [9.17, 15) is 13.5 Å². The number of nitrogens with zero attached hydrogens (tertiary/aromatic N) is 1. The molecule has 0 unspecified atom stereocenters. The van der Waals surface area contributed by atoms with Crippen LogP contribution >= 0.6 is 11.8 Å². The molecule has 0 saturated carbocycles. The summed E-state index contributed by atoms with van der Waals surface area (Å²) in [6, 6.07) is 7.70. The van der Waals surface area contributed by atoms with Gasteiger partial charge in [0.05, 0.1) is 12.7 Å². The lowest BCUT2D eigenvalue weighted by Gasteiger charge is -2.25. The van der Waals surface area contributed by atoms with E-state index in [-0.39, 0.29) is 12.0 Å². The van der Waals surface area contributed by atoms with Crippen LogP contribution in [0.25, 0.3) is 10.9 Å². The van der Waals surface area contributed by atoms with E-state index >= 15 is 0 Å². The van der Waals surface area contributed by atoms with Gasteiger partial charge >= 0.3 is 10.4 Å². The van der Waals surface area contributed by atoms with E-state index in [2.05, 4.69) is 14.4 Å². The van der Waals surface area contributed by atoms with E-state index < -0.39 is 16.5 Å². The number of aliphatic hydroxyl groups is 1. The molecule has 1 aromatic heterocycles. The smallest absolute Gasteiger partial charge is 0.391 e. The zero-order valence-corrected chi connectivity index (χ0v) is 14.8. The summed E-state index contributed by atoms with van der Waals surface area (Å²) in [5.74, 6) is 0. The summed E-state index contributed by atoms with van der Waals surface area (Å²) in [5, 5.41) is 14.4. The number of fused-ring (bicyclic) bond motifs is 1. The van der Waals surface area contributed by atoms with Crippen LogP contribution in [0.3, 0.4) is 0 Å². The number of ether oxygens (including phenoxy) is 1. The van der Waals surface area contributed by atoms with Gasteiger partial charge in [-0.25, -0.2) is 4.28 Å². The monoisotopic (exact) mass is 386 g/mol.